The number of carbonyl (C=O) groups is 1. The number of ketones is 1. The fraction of sp³-hybridized carbons (Fsp3) is 0.320. The molecule has 2 aliphatic rings. The van der Waals surface area contributed by atoms with Crippen LogP contribution in [0, 0.1) is 15.5 Å². The van der Waals surface area contributed by atoms with Crippen molar-refractivity contribution in [2.75, 3.05) is 11.9 Å². The number of rotatable bonds is 5. The number of carbonyl (C=O) groups excluding carboxylic acids is 1. The van der Waals surface area contributed by atoms with Crippen LogP contribution >= 0.6 is 0 Å². The van der Waals surface area contributed by atoms with E-state index in [-0.39, 0.29) is 16.9 Å². The standard InChI is InChI=1S/C25H25N5O4/c1-4-34-20-11-6-5-10-17(20)22-21-18(13-25(2,3)14-19(21)31)26-24-27-23(28-29(22)24)15-8-7-9-16(12-15)30(32)33/h5-12,22H,4,13-14H2,1-3H3,(H,26,27,28). The number of para-hydroxylation sites is 1. The van der Waals surface area contributed by atoms with Crippen molar-refractivity contribution in [3.63, 3.8) is 0 Å². The summed E-state index contributed by atoms with van der Waals surface area (Å²) >= 11 is 0. The highest BCUT2D eigenvalue weighted by atomic mass is 16.6. The minimum absolute atomic E-state index is 0.0363. The molecule has 1 aliphatic heterocycles. The van der Waals surface area contributed by atoms with Gasteiger partial charge in [-0.3, -0.25) is 14.9 Å². The van der Waals surface area contributed by atoms with Crippen LogP contribution in [0.5, 0.6) is 5.75 Å². The first-order valence-electron chi connectivity index (χ1n) is 11.2. The molecule has 0 saturated carbocycles. The Balaban J connectivity index is 1.69. The van der Waals surface area contributed by atoms with Gasteiger partial charge in [-0.25, -0.2) is 4.68 Å². The van der Waals surface area contributed by atoms with E-state index in [1.165, 1.54) is 12.1 Å². The molecule has 2 aromatic carbocycles. The smallest absolute Gasteiger partial charge is 0.270 e. The zero-order valence-electron chi connectivity index (χ0n) is 19.2. The second-order valence-corrected chi connectivity index (χ2v) is 9.34. The van der Waals surface area contributed by atoms with Gasteiger partial charge in [-0.15, -0.1) is 5.10 Å². The molecule has 9 heteroatoms. The van der Waals surface area contributed by atoms with Crippen LogP contribution in [0.3, 0.4) is 0 Å². The number of hydrogen-bond acceptors (Lipinski definition) is 7. The number of aromatic nitrogens is 3. The van der Waals surface area contributed by atoms with Gasteiger partial charge >= 0.3 is 0 Å². The first kappa shape index (κ1) is 21.8. The van der Waals surface area contributed by atoms with Crippen molar-refractivity contribution in [2.24, 2.45) is 5.41 Å². The van der Waals surface area contributed by atoms with Crippen LogP contribution in [0.25, 0.3) is 11.4 Å². The van der Waals surface area contributed by atoms with Crippen LogP contribution in [0.4, 0.5) is 11.6 Å². The topological polar surface area (TPSA) is 112 Å². The first-order valence-corrected chi connectivity index (χ1v) is 11.2. The maximum atomic E-state index is 13.4. The summed E-state index contributed by atoms with van der Waals surface area (Å²) in [6.45, 7) is 6.55. The molecule has 1 N–H and O–H groups in total. The normalized spacial score (nSPS) is 18.7. The maximum Gasteiger partial charge on any atom is 0.270 e. The Morgan fingerprint density at radius 3 is 2.76 bits per heavy atom. The van der Waals surface area contributed by atoms with Crippen molar-refractivity contribution < 1.29 is 14.5 Å². The van der Waals surface area contributed by atoms with Crippen molar-refractivity contribution in [3.8, 4) is 17.1 Å². The van der Waals surface area contributed by atoms with E-state index in [1.54, 1.807) is 16.8 Å². The van der Waals surface area contributed by atoms with Crippen molar-refractivity contribution in [1.29, 1.82) is 0 Å². The summed E-state index contributed by atoms with van der Waals surface area (Å²) in [7, 11) is 0. The van der Waals surface area contributed by atoms with E-state index in [4.69, 9.17) is 9.84 Å². The third-order valence-electron chi connectivity index (χ3n) is 6.16. The number of anilines is 1. The molecular formula is C25H25N5O4. The molecule has 3 aromatic rings. The number of nitrogens with one attached hydrogen (secondary N) is 1. The molecule has 1 aliphatic carbocycles. The molecule has 0 bridgehead atoms. The van der Waals surface area contributed by atoms with Crippen molar-refractivity contribution >= 4 is 17.4 Å². The van der Waals surface area contributed by atoms with Crippen LogP contribution in [0.2, 0.25) is 0 Å². The summed E-state index contributed by atoms with van der Waals surface area (Å²) in [6, 6.07) is 13.3. The summed E-state index contributed by atoms with van der Waals surface area (Å²) in [5, 5.41) is 19.3. The van der Waals surface area contributed by atoms with Gasteiger partial charge in [0.05, 0.1) is 11.5 Å². The molecule has 9 nitrogen and oxygen atoms in total. The van der Waals surface area contributed by atoms with Crippen LogP contribution in [0.15, 0.2) is 59.8 Å². The lowest BCUT2D eigenvalue weighted by molar-refractivity contribution is -0.384. The minimum atomic E-state index is -0.516. The van der Waals surface area contributed by atoms with E-state index in [0.29, 0.717) is 48.1 Å². The van der Waals surface area contributed by atoms with Gasteiger partial charge in [-0.05, 0) is 24.8 Å². The molecule has 174 valence electrons. The Kier molecular flexibility index (Phi) is 5.19. The average molecular weight is 460 g/mol. The van der Waals surface area contributed by atoms with Crippen LogP contribution < -0.4 is 10.1 Å². The molecule has 0 saturated heterocycles. The Hall–Kier alpha value is -4.01. The van der Waals surface area contributed by atoms with E-state index in [2.05, 4.69) is 24.1 Å². The SMILES string of the molecule is CCOc1ccccc1C1C2=C(CC(C)(C)CC2=O)Nc2nc(-c3cccc([N+](=O)[O-])c3)nn21. The third-order valence-corrected chi connectivity index (χ3v) is 6.16. The monoisotopic (exact) mass is 459 g/mol. The molecule has 1 aromatic heterocycles. The van der Waals surface area contributed by atoms with Gasteiger partial charge in [0.15, 0.2) is 11.6 Å². The summed E-state index contributed by atoms with van der Waals surface area (Å²) in [5.74, 6) is 1.58. The molecule has 5 rings (SSSR count). The van der Waals surface area contributed by atoms with Crippen molar-refractivity contribution in [1.82, 2.24) is 14.8 Å². The zero-order chi connectivity index (χ0) is 24.0. The molecule has 1 atom stereocenters. The quantitative estimate of drug-likeness (QED) is 0.426. The Morgan fingerprint density at radius 1 is 1.21 bits per heavy atom. The third kappa shape index (κ3) is 3.72. The van der Waals surface area contributed by atoms with Crippen molar-refractivity contribution in [2.45, 2.75) is 39.7 Å². The highest BCUT2D eigenvalue weighted by Gasteiger charge is 2.42. The number of nitro groups is 1. The van der Waals surface area contributed by atoms with E-state index in [0.717, 1.165) is 11.3 Å². The Bertz CT molecular complexity index is 1340. The minimum Gasteiger partial charge on any atom is -0.494 e. The summed E-state index contributed by atoms with van der Waals surface area (Å²) < 4.78 is 7.60. The lowest BCUT2D eigenvalue weighted by atomic mass is 9.73. The van der Waals surface area contributed by atoms with Gasteiger partial charge in [0.25, 0.3) is 5.69 Å². The van der Waals surface area contributed by atoms with E-state index in [1.807, 2.05) is 31.2 Å². The number of nitro benzene ring substituents is 1. The zero-order valence-corrected chi connectivity index (χ0v) is 19.2. The number of benzene rings is 2. The summed E-state index contributed by atoms with van der Waals surface area (Å²) in [5.41, 5.74) is 2.63. The van der Waals surface area contributed by atoms with Crippen LogP contribution in [-0.4, -0.2) is 32.1 Å². The molecule has 0 amide bonds. The molecule has 34 heavy (non-hydrogen) atoms. The summed E-state index contributed by atoms with van der Waals surface area (Å²) in [4.78, 5) is 28.9. The van der Waals surface area contributed by atoms with Gasteiger partial charge in [0.2, 0.25) is 5.95 Å². The van der Waals surface area contributed by atoms with Gasteiger partial charge in [0, 0.05) is 41.0 Å². The maximum absolute atomic E-state index is 13.4. The Morgan fingerprint density at radius 2 is 2.00 bits per heavy atom. The lowest BCUT2D eigenvalue weighted by Crippen LogP contribution is -2.36. The fourth-order valence-corrected chi connectivity index (χ4v) is 4.77. The highest BCUT2D eigenvalue weighted by molar-refractivity contribution is 6.00. The number of allylic oxidation sites excluding steroid dienone is 2. The first-order chi connectivity index (χ1) is 16.3. The number of Topliss-reactive ketones (excluding diaryl/α,β-unsaturated/α-hetero) is 1. The van der Waals surface area contributed by atoms with Gasteiger partial charge in [-0.2, -0.15) is 4.98 Å². The van der Waals surface area contributed by atoms with E-state index in [9.17, 15) is 14.9 Å². The number of ether oxygens (including phenoxy) is 1. The number of fused-ring (bicyclic) bond motifs is 1. The predicted octanol–water partition coefficient (Wildman–Crippen LogP) is 4.91. The fourth-order valence-electron chi connectivity index (χ4n) is 4.77. The Labute approximate surface area is 196 Å². The van der Waals surface area contributed by atoms with Gasteiger partial charge in [-0.1, -0.05) is 44.2 Å². The van der Waals surface area contributed by atoms with Crippen LogP contribution in [0.1, 0.15) is 45.2 Å². The van der Waals surface area contributed by atoms with Gasteiger partial charge < -0.3 is 10.1 Å². The lowest BCUT2D eigenvalue weighted by Gasteiger charge is -2.38. The number of non-ortho nitro benzene ring substituents is 1. The van der Waals surface area contributed by atoms with Gasteiger partial charge in [0.1, 0.15) is 11.8 Å². The second-order valence-electron chi connectivity index (χ2n) is 9.34. The predicted molar refractivity (Wildman–Crippen MR) is 127 cm³/mol. The number of nitrogens with zero attached hydrogens (tertiary/aromatic N) is 4. The number of hydrogen-bond donors (Lipinski definition) is 1. The van der Waals surface area contributed by atoms with Crippen molar-refractivity contribution in [3.05, 3.63) is 75.5 Å². The largest absolute Gasteiger partial charge is 0.494 e. The average Bonchev–Trinajstić information content (AvgIpc) is 3.21. The van der Waals surface area contributed by atoms with E-state index < -0.39 is 11.0 Å². The molecular weight excluding hydrogens is 434 g/mol. The molecule has 2 heterocycles. The summed E-state index contributed by atoms with van der Waals surface area (Å²) in [6.07, 6.45) is 1.13. The second kappa shape index (κ2) is 8.09. The molecule has 0 spiro atoms. The molecule has 1 unspecified atom stereocenters. The van der Waals surface area contributed by atoms with Crippen LogP contribution in [-0.2, 0) is 4.79 Å². The van der Waals surface area contributed by atoms with E-state index >= 15 is 0 Å². The highest BCUT2D eigenvalue weighted by Crippen LogP contribution is 2.47. The molecule has 0 fully saturated rings. The molecule has 0 radical (unpaired) electrons.